The number of halogens is 1. The number of benzene rings is 2. The number of ether oxygens (including phenoxy) is 1. The number of hydrogen-bond acceptors (Lipinski definition) is 4. The van der Waals surface area contributed by atoms with Crippen molar-refractivity contribution in [3.63, 3.8) is 0 Å². The molecule has 0 radical (unpaired) electrons. The molecule has 2 aliphatic rings. The summed E-state index contributed by atoms with van der Waals surface area (Å²) in [6, 6.07) is 15.8. The molecule has 0 unspecified atom stereocenters. The minimum Gasteiger partial charge on any atom is -0.358 e. The van der Waals surface area contributed by atoms with Crippen LogP contribution in [0.2, 0.25) is 0 Å². The van der Waals surface area contributed by atoms with Gasteiger partial charge in [0.1, 0.15) is 5.72 Å². The molecule has 0 atom stereocenters. The van der Waals surface area contributed by atoms with Crippen molar-refractivity contribution >= 4 is 31.9 Å². The predicted molar refractivity (Wildman–Crippen MR) is 108 cm³/mol. The lowest BCUT2D eigenvalue weighted by Crippen LogP contribution is -2.55. The summed E-state index contributed by atoms with van der Waals surface area (Å²) in [5, 5.41) is 0. The lowest BCUT2D eigenvalue weighted by Gasteiger charge is -2.42. The highest BCUT2D eigenvalue weighted by molar-refractivity contribution is 9.10. The Morgan fingerprint density at radius 3 is 2.29 bits per heavy atom. The van der Waals surface area contributed by atoms with E-state index in [0.717, 1.165) is 4.47 Å². The molecule has 0 saturated carbocycles. The van der Waals surface area contributed by atoms with Gasteiger partial charge in [-0.1, -0.05) is 30.3 Å². The number of amides is 1. The highest BCUT2D eigenvalue weighted by atomic mass is 79.9. The van der Waals surface area contributed by atoms with Crippen LogP contribution in [0.3, 0.4) is 0 Å². The van der Waals surface area contributed by atoms with Crippen molar-refractivity contribution in [1.29, 1.82) is 0 Å². The minimum atomic E-state index is -3.65. The van der Waals surface area contributed by atoms with Gasteiger partial charge in [-0.3, -0.25) is 4.79 Å². The van der Waals surface area contributed by atoms with Crippen molar-refractivity contribution in [3.05, 3.63) is 64.6 Å². The number of sulfonamides is 1. The number of rotatable bonds is 3. The fourth-order valence-electron chi connectivity index (χ4n) is 3.91. The molecular formula is C20H21BrN2O4S. The first-order valence-corrected chi connectivity index (χ1v) is 11.4. The number of nitrogens with zero attached hydrogens (tertiary/aromatic N) is 2. The Hall–Kier alpha value is -1.74. The number of carbonyl (C=O) groups excluding carboxylic acids is 1. The zero-order chi connectivity index (χ0) is 19.8. The van der Waals surface area contributed by atoms with Crippen LogP contribution >= 0.6 is 15.9 Å². The average molecular weight is 465 g/mol. The molecule has 28 heavy (non-hydrogen) atoms. The van der Waals surface area contributed by atoms with Crippen LogP contribution in [0.25, 0.3) is 0 Å². The van der Waals surface area contributed by atoms with Crippen LogP contribution in [0.5, 0.6) is 0 Å². The summed E-state index contributed by atoms with van der Waals surface area (Å²) in [7, 11) is -3.65. The van der Waals surface area contributed by atoms with Crippen LogP contribution < -0.4 is 0 Å². The first kappa shape index (κ1) is 19.6. The molecule has 2 saturated heterocycles. The summed E-state index contributed by atoms with van der Waals surface area (Å²) >= 11 is 3.43. The maximum absolute atomic E-state index is 13.1. The van der Waals surface area contributed by atoms with Crippen LogP contribution in [0.15, 0.2) is 64.0 Å². The predicted octanol–water partition coefficient (Wildman–Crippen LogP) is 3.10. The largest absolute Gasteiger partial charge is 0.358 e. The summed E-state index contributed by atoms with van der Waals surface area (Å²) in [6.45, 7) is 1.58. The topological polar surface area (TPSA) is 66.9 Å². The molecule has 148 valence electrons. The molecule has 2 aromatic rings. The Bertz CT molecular complexity index is 973. The maximum Gasteiger partial charge on any atom is 0.255 e. The molecule has 8 heteroatoms. The van der Waals surface area contributed by atoms with E-state index in [9.17, 15) is 13.2 Å². The van der Waals surface area contributed by atoms with Crippen LogP contribution in [-0.2, 0) is 14.8 Å². The van der Waals surface area contributed by atoms with Gasteiger partial charge in [0.15, 0.2) is 0 Å². The third kappa shape index (κ3) is 3.39. The van der Waals surface area contributed by atoms with E-state index in [4.69, 9.17) is 4.74 Å². The molecule has 1 amide bonds. The monoisotopic (exact) mass is 464 g/mol. The van der Waals surface area contributed by atoms with E-state index in [1.165, 1.54) is 4.31 Å². The van der Waals surface area contributed by atoms with Crippen molar-refractivity contribution in [2.45, 2.75) is 23.5 Å². The first-order valence-electron chi connectivity index (χ1n) is 9.20. The molecule has 0 N–H and O–H groups in total. The molecule has 2 aromatic carbocycles. The highest BCUT2D eigenvalue weighted by Crippen LogP contribution is 2.38. The highest BCUT2D eigenvalue weighted by Gasteiger charge is 2.51. The number of carbonyl (C=O) groups is 1. The van der Waals surface area contributed by atoms with Gasteiger partial charge >= 0.3 is 0 Å². The first-order chi connectivity index (χ1) is 13.4. The van der Waals surface area contributed by atoms with Gasteiger partial charge in [0.2, 0.25) is 10.0 Å². The van der Waals surface area contributed by atoms with E-state index in [2.05, 4.69) is 15.9 Å². The van der Waals surface area contributed by atoms with Gasteiger partial charge in [-0.25, -0.2) is 8.42 Å². The molecule has 1 spiro atoms. The fourth-order valence-corrected chi connectivity index (χ4v) is 6.11. The van der Waals surface area contributed by atoms with Gasteiger partial charge < -0.3 is 9.64 Å². The third-order valence-electron chi connectivity index (χ3n) is 5.39. The summed E-state index contributed by atoms with van der Waals surface area (Å²) in [5.74, 6) is -0.0576. The van der Waals surface area contributed by atoms with Gasteiger partial charge in [0, 0.05) is 36.9 Å². The van der Waals surface area contributed by atoms with Crippen LogP contribution in [0.4, 0.5) is 0 Å². The standard InChI is InChI=1S/C20H21BrN2O4S/c21-18-9-5-4-8-17(18)19(24)22-12-10-20(11-13-22)23(14-15-27-20)28(25,26)16-6-2-1-3-7-16/h1-9H,10-15H2. The second-order valence-corrected chi connectivity index (χ2v) is 9.67. The summed E-state index contributed by atoms with van der Waals surface area (Å²) in [5.41, 5.74) is -0.265. The normalized spacial score (nSPS) is 19.8. The Kier molecular flexibility index (Phi) is 5.30. The number of likely N-dealkylation sites (tertiary alicyclic amines) is 1. The molecule has 4 rings (SSSR count). The van der Waals surface area contributed by atoms with Crippen molar-refractivity contribution in [2.75, 3.05) is 26.2 Å². The molecule has 6 nitrogen and oxygen atoms in total. The smallest absolute Gasteiger partial charge is 0.255 e. The molecule has 2 aliphatic heterocycles. The van der Waals surface area contributed by atoms with Crippen molar-refractivity contribution in [1.82, 2.24) is 9.21 Å². The summed E-state index contributed by atoms with van der Waals surface area (Å²) in [4.78, 5) is 14.9. The zero-order valence-electron chi connectivity index (χ0n) is 15.3. The van der Waals surface area contributed by atoms with E-state index in [1.54, 1.807) is 41.3 Å². The van der Waals surface area contributed by atoms with Gasteiger partial charge in [0.25, 0.3) is 5.91 Å². The average Bonchev–Trinajstić information content (AvgIpc) is 3.13. The second-order valence-electron chi connectivity index (χ2n) is 6.96. The minimum absolute atomic E-state index is 0.0576. The second kappa shape index (κ2) is 7.59. The third-order valence-corrected chi connectivity index (χ3v) is 8.04. The molecular weight excluding hydrogens is 444 g/mol. The van der Waals surface area contributed by atoms with Gasteiger partial charge in [0.05, 0.1) is 17.1 Å². The quantitative estimate of drug-likeness (QED) is 0.699. The lowest BCUT2D eigenvalue weighted by molar-refractivity contribution is -0.0857. The summed E-state index contributed by atoms with van der Waals surface area (Å²) in [6.07, 6.45) is 0.907. The molecule has 2 heterocycles. The fraction of sp³-hybridized carbons (Fsp3) is 0.350. The zero-order valence-corrected chi connectivity index (χ0v) is 17.7. The van der Waals surface area contributed by atoms with Gasteiger partial charge in [-0.05, 0) is 40.2 Å². The molecule has 2 fully saturated rings. The molecule has 0 bridgehead atoms. The SMILES string of the molecule is O=C(c1ccccc1Br)N1CCC2(CC1)OCCN2S(=O)(=O)c1ccccc1. The van der Waals surface area contributed by atoms with E-state index >= 15 is 0 Å². The van der Waals surface area contributed by atoms with E-state index in [0.29, 0.717) is 44.6 Å². The Labute approximate surface area is 173 Å². The van der Waals surface area contributed by atoms with E-state index < -0.39 is 15.7 Å². The Balaban J connectivity index is 1.53. The molecule has 0 aromatic heterocycles. The van der Waals surface area contributed by atoms with Crippen LogP contribution in [0.1, 0.15) is 23.2 Å². The van der Waals surface area contributed by atoms with Crippen molar-refractivity contribution in [3.8, 4) is 0 Å². The number of hydrogen-bond donors (Lipinski definition) is 0. The van der Waals surface area contributed by atoms with Crippen LogP contribution in [-0.4, -0.2) is 55.5 Å². The van der Waals surface area contributed by atoms with E-state index in [1.807, 2.05) is 18.2 Å². The Morgan fingerprint density at radius 2 is 1.61 bits per heavy atom. The summed E-state index contributed by atoms with van der Waals surface area (Å²) < 4.78 is 34.5. The van der Waals surface area contributed by atoms with Crippen molar-refractivity contribution in [2.24, 2.45) is 0 Å². The van der Waals surface area contributed by atoms with Crippen LogP contribution in [0, 0.1) is 0 Å². The maximum atomic E-state index is 13.1. The van der Waals surface area contributed by atoms with Gasteiger partial charge in [-0.15, -0.1) is 0 Å². The number of piperidine rings is 1. The van der Waals surface area contributed by atoms with E-state index in [-0.39, 0.29) is 10.8 Å². The Morgan fingerprint density at radius 1 is 0.964 bits per heavy atom. The lowest BCUT2D eigenvalue weighted by atomic mass is 10.00. The van der Waals surface area contributed by atoms with Crippen molar-refractivity contribution < 1.29 is 17.9 Å². The molecule has 0 aliphatic carbocycles. The van der Waals surface area contributed by atoms with Gasteiger partial charge in [-0.2, -0.15) is 4.31 Å².